The van der Waals surface area contributed by atoms with Crippen molar-refractivity contribution in [2.45, 2.75) is 51.0 Å². The van der Waals surface area contributed by atoms with Crippen LogP contribution >= 0.6 is 11.6 Å². The number of amides is 1. The van der Waals surface area contributed by atoms with Gasteiger partial charge in [0, 0.05) is 10.7 Å². The van der Waals surface area contributed by atoms with E-state index in [0.29, 0.717) is 22.4 Å². The number of hydrogen-bond acceptors (Lipinski definition) is 3. The molecule has 5 heteroatoms. The molecule has 4 nitrogen and oxygen atoms in total. The van der Waals surface area contributed by atoms with E-state index in [1.807, 2.05) is 24.3 Å². The minimum atomic E-state index is -1.05. The number of nitriles is 1. The fourth-order valence-electron chi connectivity index (χ4n) is 3.64. The molecule has 28 heavy (non-hydrogen) atoms. The maximum atomic E-state index is 12.7. The van der Waals surface area contributed by atoms with Crippen molar-refractivity contribution < 1.29 is 9.53 Å². The third-order valence-electron chi connectivity index (χ3n) is 5.27. The number of carbonyl (C=O) groups is 1. The normalized spacial score (nSPS) is 15.6. The van der Waals surface area contributed by atoms with Crippen molar-refractivity contribution in [1.82, 2.24) is 0 Å². The lowest BCUT2D eigenvalue weighted by Crippen LogP contribution is -2.42. The maximum absolute atomic E-state index is 12.7. The van der Waals surface area contributed by atoms with Crippen LogP contribution in [0, 0.1) is 17.2 Å². The molecule has 1 fully saturated rings. The first-order valence-electron chi connectivity index (χ1n) is 9.64. The highest BCUT2D eigenvalue weighted by Gasteiger charge is 2.30. The first-order chi connectivity index (χ1) is 13.4. The number of hydrogen-bond donors (Lipinski definition) is 1. The second kappa shape index (κ2) is 8.67. The Morgan fingerprint density at radius 1 is 1.14 bits per heavy atom. The summed E-state index contributed by atoms with van der Waals surface area (Å²) in [5.41, 5.74) is 0.652. The second-order valence-electron chi connectivity index (χ2n) is 7.79. The fraction of sp³-hybridized carbons (Fsp3) is 0.391. The highest BCUT2D eigenvalue weighted by Crippen LogP contribution is 2.37. The predicted octanol–water partition coefficient (Wildman–Crippen LogP) is 5.93. The van der Waals surface area contributed by atoms with Crippen LogP contribution in [0.1, 0.15) is 51.0 Å². The van der Waals surface area contributed by atoms with Gasteiger partial charge in [0.05, 0.1) is 12.0 Å². The summed E-state index contributed by atoms with van der Waals surface area (Å²) in [6.45, 7) is 3.44. The number of rotatable bonds is 6. The van der Waals surface area contributed by atoms with Crippen LogP contribution in [0.15, 0.2) is 48.5 Å². The molecule has 1 N–H and O–H groups in total. The molecule has 1 aliphatic rings. The highest BCUT2D eigenvalue weighted by atomic mass is 35.5. The van der Waals surface area contributed by atoms with Gasteiger partial charge in [0.2, 0.25) is 0 Å². The Labute approximate surface area is 171 Å². The van der Waals surface area contributed by atoms with E-state index in [2.05, 4.69) is 11.4 Å². The van der Waals surface area contributed by atoms with Crippen LogP contribution in [0.25, 0.3) is 0 Å². The van der Waals surface area contributed by atoms with E-state index >= 15 is 0 Å². The zero-order valence-corrected chi connectivity index (χ0v) is 17.0. The van der Waals surface area contributed by atoms with Gasteiger partial charge in [-0.15, -0.1) is 0 Å². The maximum Gasteiger partial charge on any atom is 0.267 e. The van der Waals surface area contributed by atoms with E-state index in [4.69, 9.17) is 16.3 Å². The molecule has 0 heterocycles. The molecule has 0 aromatic heterocycles. The van der Waals surface area contributed by atoms with Gasteiger partial charge in [-0.05, 0) is 74.6 Å². The number of anilines is 1. The zero-order chi connectivity index (χ0) is 20.1. The van der Waals surface area contributed by atoms with E-state index in [9.17, 15) is 10.1 Å². The number of halogens is 1. The van der Waals surface area contributed by atoms with Crippen LogP contribution in [0.2, 0.25) is 5.02 Å². The van der Waals surface area contributed by atoms with Gasteiger partial charge in [0.1, 0.15) is 5.75 Å². The monoisotopic (exact) mass is 396 g/mol. The summed E-state index contributed by atoms with van der Waals surface area (Å²) >= 11 is 5.88. The van der Waals surface area contributed by atoms with E-state index in [1.165, 1.54) is 12.8 Å². The smallest absolute Gasteiger partial charge is 0.267 e. The first kappa shape index (κ1) is 20.2. The lowest BCUT2D eigenvalue weighted by molar-refractivity contribution is -0.128. The highest BCUT2D eigenvalue weighted by molar-refractivity contribution is 6.30. The largest absolute Gasteiger partial charge is 0.478 e. The van der Waals surface area contributed by atoms with Crippen molar-refractivity contribution in [3.05, 3.63) is 59.1 Å². The van der Waals surface area contributed by atoms with E-state index < -0.39 is 5.60 Å². The average molecular weight is 397 g/mol. The molecular formula is C23H25ClN2O2. The van der Waals surface area contributed by atoms with Crippen molar-refractivity contribution in [3.8, 4) is 11.8 Å². The van der Waals surface area contributed by atoms with Crippen molar-refractivity contribution in [2.24, 2.45) is 5.92 Å². The summed E-state index contributed by atoms with van der Waals surface area (Å²) in [7, 11) is 0. The lowest BCUT2D eigenvalue weighted by Gasteiger charge is -2.25. The summed E-state index contributed by atoms with van der Waals surface area (Å²) in [4.78, 5) is 12.7. The SMILES string of the molecule is CC(C)(Oc1ccc(Cl)cc1)C(=O)Nc1ccc(C(C#N)C2CCCC2)cc1. The molecule has 0 spiro atoms. The Bertz CT molecular complexity index is 848. The number of benzene rings is 2. The van der Waals surface area contributed by atoms with Crippen molar-refractivity contribution in [3.63, 3.8) is 0 Å². The van der Waals surface area contributed by atoms with Gasteiger partial charge in [0.25, 0.3) is 5.91 Å². The van der Waals surface area contributed by atoms with Crippen molar-refractivity contribution in [1.29, 1.82) is 5.26 Å². The molecule has 1 saturated carbocycles. The standard InChI is InChI=1S/C23H25ClN2O2/c1-23(2,28-20-13-9-18(24)10-14-20)22(27)26-19-11-7-17(8-12-19)21(15-25)16-5-3-4-6-16/h7-14,16,21H,3-6H2,1-2H3,(H,26,27). The summed E-state index contributed by atoms with van der Waals surface area (Å²) in [5, 5.41) is 13.1. The number of ether oxygens (including phenoxy) is 1. The number of carbonyl (C=O) groups excluding carboxylic acids is 1. The molecule has 1 amide bonds. The van der Waals surface area contributed by atoms with E-state index in [1.54, 1.807) is 38.1 Å². The van der Waals surface area contributed by atoms with Crippen LogP contribution in [0.3, 0.4) is 0 Å². The van der Waals surface area contributed by atoms with Gasteiger partial charge >= 0.3 is 0 Å². The predicted molar refractivity (Wildman–Crippen MR) is 112 cm³/mol. The lowest BCUT2D eigenvalue weighted by atomic mass is 9.86. The molecule has 1 unspecified atom stereocenters. The molecule has 0 radical (unpaired) electrons. The average Bonchev–Trinajstić information content (AvgIpc) is 3.20. The summed E-state index contributed by atoms with van der Waals surface area (Å²) < 4.78 is 5.82. The topological polar surface area (TPSA) is 62.1 Å². The fourth-order valence-corrected chi connectivity index (χ4v) is 3.77. The van der Waals surface area contributed by atoms with Crippen molar-refractivity contribution in [2.75, 3.05) is 5.32 Å². The quantitative estimate of drug-likeness (QED) is 0.657. The van der Waals surface area contributed by atoms with Crippen LogP contribution in [0.5, 0.6) is 5.75 Å². The summed E-state index contributed by atoms with van der Waals surface area (Å²) in [5.74, 6) is 0.699. The minimum absolute atomic E-state index is 0.0723. The second-order valence-corrected chi connectivity index (χ2v) is 8.23. The molecule has 2 aromatic carbocycles. The third kappa shape index (κ3) is 4.85. The number of nitrogens with zero attached hydrogens (tertiary/aromatic N) is 1. The Morgan fingerprint density at radius 2 is 1.75 bits per heavy atom. The Morgan fingerprint density at radius 3 is 2.32 bits per heavy atom. The van der Waals surface area contributed by atoms with Gasteiger partial charge in [0.15, 0.2) is 5.60 Å². The third-order valence-corrected chi connectivity index (χ3v) is 5.52. The van der Waals surface area contributed by atoms with Crippen molar-refractivity contribution >= 4 is 23.2 Å². The van der Waals surface area contributed by atoms with Gasteiger partial charge in [-0.25, -0.2) is 0 Å². The van der Waals surface area contributed by atoms with Crippen LogP contribution in [-0.2, 0) is 4.79 Å². The zero-order valence-electron chi connectivity index (χ0n) is 16.2. The molecule has 1 atom stereocenters. The Kier molecular flexibility index (Phi) is 6.26. The molecule has 3 rings (SSSR count). The number of nitrogens with one attached hydrogen (secondary N) is 1. The molecule has 146 valence electrons. The van der Waals surface area contributed by atoms with Gasteiger partial charge in [-0.2, -0.15) is 5.26 Å². The molecule has 1 aliphatic carbocycles. The Balaban J connectivity index is 1.64. The molecule has 0 bridgehead atoms. The minimum Gasteiger partial charge on any atom is -0.478 e. The van der Waals surface area contributed by atoms with E-state index in [0.717, 1.165) is 18.4 Å². The molecule has 2 aromatic rings. The van der Waals surface area contributed by atoms with Gasteiger partial charge in [-0.1, -0.05) is 36.6 Å². The van der Waals surface area contributed by atoms with Gasteiger partial charge in [-0.3, -0.25) is 4.79 Å². The van der Waals surface area contributed by atoms with Crippen LogP contribution in [-0.4, -0.2) is 11.5 Å². The molecule has 0 aliphatic heterocycles. The van der Waals surface area contributed by atoms with Crippen LogP contribution in [0.4, 0.5) is 5.69 Å². The Hall–Kier alpha value is -2.51. The van der Waals surface area contributed by atoms with Crippen LogP contribution < -0.4 is 10.1 Å². The molecule has 0 saturated heterocycles. The summed E-state index contributed by atoms with van der Waals surface area (Å²) in [6, 6.07) is 17.0. The first-order valence-corrected chi connectivity index (χ1v) is 10.0. The molecular weight excluding hydrogens is 372 g/mol. The van der Waals surface area contributed by atoms with E-state index in [-0.39, 0.29) is 11.8 Å². The summed E-state index contributed by atoms with van der Waals surface area (Å²) in [6.07, 6.45) is 4.65. The van der Waals surface area contributed by atoms with Gasteiger partial charge < -0.3 is 10.1 Å².